The number of likely N-dealkylation sites (tertiary alicyclic amines) is 1. The van der Waals surface area contributed by atoms with Crippen molar-refractivity contribution in [2.75, 3.05) is 50.8 Å². The van der Waals surface area contributed by atoms with Crippen molar-refractivity contribution in [3.05, 3.63) is 36.4 Å². The van der Waals surface area contributed by atoms with Crippen LogP contribution in [-0.2, 0) is 28.7 Å². The topological polar surface area (TPSA) is 106 Å². The first kappa shape index (κ1) is 29.4. The molecule has 4 rings (SSSR count). The maximum Gasteiger partial charge on any atom is 0.303 e. The van der Waals surface area contributed by atoms with Crippen LogP contribution in [0.5, 0.6) is 5.75 Å². The molecule has 38 heavy (non-hydrogen) atoms. The molecule has 0 N–H and O–H groups in total. The zero-order valence-electron chi connectivity index (χ0n) is 22.0. The molecule has 0 spiro atoms. The highest BCUT2D eigenvalue weighted by molar-refractivity contribution is 6.06. The first-order chi connectivity index (χ1) is 17.8. The van der Waals surface area contributed by atoms with E-state index in [9.17, 15) is 19.2 Å². The van der Waals surface area contributed by atoms with Crippen LogP contribution < -0.4 is 9.64 Å². The Morgan fingerprint density at radius 2 is 1.42 bits per heavy atom. The molecule has 2 heterocycles. The number of esters is 2. The number of hydrogen-bond acceptors (Lipinski definition) is 9. The minimum atomic E-state index is -0.889. The van der Waals surface area contributed by atoms with E-state index in [0.717, 1.165) is 44.2 Å². The van der Waals surface area contributed by atoms with E-state index in [1.165, 1.54) is 30.9 Å². The first-order valence-electron chi connectivity index (χ1n) is 12.9. The number of imide groups is 1. The lowest BCUT2D eigenvalue weighted by molar-refractivity contribution is -0.157. The normalized spacial score (nSPS) is 25.0. The summed E-state index contributed by atoms with van der Waals surface area (Å²) in [6.07, 6.45) is 1.98. The van der Waals surface area contributed by atoms with Gasteiger partial charge in [-0.1, -0.05) is 12.1 Å². The fraction of sp³-hybridized carbons (Fsp3) is 0.556. The smallest absolute Gasteiger partial charge is 0.303 e. The quantitative estimate of drug-likeness (QED) is 0.260. The summed E-state index contributed by atoms with van der Waals surface area (Å²) in [5, 5.41) is 0. The summed E-state index contributed by atoms with van der Waals surface area (Å²) >= 11 is 0. The van der Waals surface area contributed by atoms with E-state index in [1.807, 2.05) is 25.1 Å². The molecule has 2 amide bonds. The highest BCUT2D eigenvalue weighted by atomic mass is 35.5. The Morgan fingerprint density at radius 1 is 0.868 bits per heavy atom. The second kappa shape index (κ2) is 13.1. The Hall–Kier alpha value is -3.11. The number of fused-ring (bicyclic) bond motifs is 1. The summed E-state index contributed by atoms with van der Waals surface area (Å²) in [6.45, 7) is 9.55. The number of halogens is 1. The molecule has 208 valence electrons. The molecule has 0 radical (unpaired) electrons. The summed E-state index contributed by atoms with van der Waals surface area (Å²) in [7, 11) is 0. The van der Waals surface area contributed by atoms with Crippen LogP contribution in [0.4, 0.5) is 5.69 Å². The second-order valence-electron chi connectivity index (χ2n) is 9.50. The predicted octanol–water partition coefficient (Wildman–Crippen LogP) is 2.05. The molecule has 2 fully saturated rings. The summed E-state index contributed by atoms with van der Waals surface area (Å²) in [5.41, 5.74) is 1.10. The van der Waals surface area contributed by atoms with Crippen molar-refractivity contribution >= 4 is 41.8 Å². The fourth-order valence-electron chi connectivity index (χ4n) is 5.41. The molecular formula is C27H36ClN3O7. The molecule has 0 saturated carbocycles. The van der Waals surface area contributed by atoms with Crippen LogP contribution in [-0.4, -0.2) is 91.6 Å². The molecule has 10 nitrogen and oxygen atoms in total. The van der Waals surface area contributed by atoms with Crippen LogP contribution in [0.3, 0.4) is 0 Å². The van der Waals surface area contributed by atoms with Gasteiger partial charge in [0.2, 0.25) is 11.8 Å². The zero-order valence-corrected chi connectivity index (χ0v) is 22.9. The summed E-state index contributed by atoms with van der Waals surface area (Å²) in [4.78, 5) is 55.5. The maximum absolute atomic E-state index is 13.2. The van der Waals surface area contributed by atoms with Crippen LogP contribution in [0, 0.1) is 11.8 Å². The van der Waals surface area contributed by atoms with Gasteiger partial charge in [-0.15, -0.1) is 12.4 Å². The molecule has 4 atom stereocenters. The lowest BCUT2D eigenvalue weighted by Crippen LogP contribution is -2.47. The lowest BCUT2D eigenvalue weighted by Gasteiger charge is -2.36. The van der Waals surface area contributed by atoms with Crippen molar-refractivity contribution < 1.29 is 33.4 Å². The number of anilines is 1. The van der Waals surface area contributed by atoms with Crippen LogP contribution in [0.2, 0.25) is 0 Å². The zero-order chi connectivity index (χ0) is 26.5. The molecule has 11 heteroatoms. The number of carbonyl (C=O) groups is 4. The minimum absolute atomic E-state index is 0. The third-order valence-electron chi connectivity index (χ3n) is 7.03. The molecule has 3 aliphatic rings. The predicted molar refractivity (Wildman–Crippen MR) is 142 cm³/mol. The van der Waals surface area contributed by atoms with E-state index in [-0.39, 0.29) is 30.8 Å². The molecule has 4 unspecified atom stereocenters. The van der Waals surface area contributed by atoms with Gasteiger partial charge in [0, 0.05) is 46.6 Å². The van der Waals surface area contributed by atoms with Crippen LogP contribution in [0.15, 0.2) is 36.4 Å². The lowest BCUT2D eigenvalue weighted by atomic mass is 9.81. The molecule has 1 aliphatic carbocycles. The Kier molecular flexibility index (Phi) is 10.2. The van der Waals surface area contributed by atoms with Crippen molar-refractivity contribution in [3.8, 4) is 5.75 Å². The third kappa shape index (κ3) is 6.47. The second-order valence-corrected chi connectivity index (χ2v) is 9.50. The van der Waals surface area contributed by atoms with E-state index in [0.29, 0.717) is 13.0 Å². The number of ether oxygens (including phenoxy) is 3. The van der Waals surface area contributed by atoms with E-state index in [4.69, 9.17) is 14.2 Å². The average Bonchev–Trinajstić information content (AvgIpc) is 3.12. The van der Waals surface area contributed by atoms with Crippen molar-refractivity contribution in [2.24, 2.45) is 11.8 Å². The fourth-order valence-corrected chi connectivity index (χ4v) is 5.41. The van der Waals surface area contributed by atoms with Crippen molar-refractivity contribution in [1.82, 2.24) is 9.80 Å². The van der Waals surface area contributed by atoms with Crippen LogP contribution >= 0.6 is 12.4 Å². The van der Waals surface area contributed by atoms with Gasteiger partial charge in [-0.25, -0.2) is 0 Å². The summed E-state index contributed by atoms with van der Waals surface area (Å²) in [5.74, 6) is -2.75. The number of hydrogen-bond donors (Lipinski definition) is 0. The van der Waals surface area contributed by atoms with Gasteiger partial charge in [0.1, 0.15) is 18.0 Å². The minimum Gasteiger partial charge on any atom is -0.492 e. The number of amides is 2. The van der Waals surface area contributed by atoms with E-state index in [2.05, 4.69) is 15.9 Å². The Bertz CT molecular complexity index is 1010. The molecule has 1 aromatic rings. The van der Waals surface area contributed by atoms with Crippen molar-refractivity contribution in [3.63, 3.8) is 0 Å². The van der Waals surface area contributed by atoms with Gasteiger partial charge in [-0.2, -0.15) is 0 Å². The highest BCUT2D eigenvalue weighted by Crippen LogP contribution is 2.38. The Morgan fingerprint density at radius 3 is 1.95 bits per heavy atom. The standard InChI is InChI=1S/C27H35N3O7.ClH/c1-4-35-21-9-6-5-8-20(21)29-16-14-28(15-17-29)12-7-13-30-26(33)24-22(36-18(2)31)10-11-23(37-19(3)32)25(24)27(30)34;/h5-6,8-11,22-25H,4,7,12-17H2,1-3H3;1H. The molecule has 2 aliphatic heterocycles. The number of rotatable bonds is 9. The Labute approximate surface area is 229 Å². The average molecular weight is 550 g/mol. The van der Waals surface area contributed by atoms with Gasteiger partial charge in [-0.3, -0.25) is 29.0 Å². The van der Waals surface area contributed by atoms with Crippen molar-refractivity contribution in [2.45, 2.75) is 39.4 Å². The van der Waals surface area contributed by atoms with E-state index in [1.54, 1.807) is 0 Å². The SMILES string of the molecule is CCOc1ccccc1N1CCN(CCCN2C(=O)C3C(OC(C)=O)C=CC(OC(C)=O)C3C2=O)CC1.Cl. The molecule has 2 saturated heterocycles. The third-order valence-corrected chi connectivity index (χ3v) is 7.03. The van der Waals surface area contributed by atoms with Gasteiger partial charge < -0.3 is 19.1 Å². The van der Waals surface area contributed by atoms with Gasteiger partial charge >= 0.3 is 11.9 Å². The highest BCUT2D eigenvalue weighted by Gasteiger charge is 2.56. The number of para-hydroxylation sites is 2. The van der Waals surface area contributed by atoms with E-state index >= 15 is 0 Å². The molecular weight excluding hydrogens is 514 g/mol. The number of piperazine rings is 1. The maximum atomic E-state index is 13.2. The first-order valence-corrected chi connectivity index (χ1v) is 12.9. The van der Waals surface area contributed by atoms with E-state index < -0.39 is 36.0 Å². The van der Waals surface area contributed by atoms with Gasteiger partial charge in [0.15, 0.2) is 0 Å². The molecule has 0 bridgehead atoms. The molecule has 0 aromatic heterocycles. The van der Waals surface area contributed by atoms with Gasteiger partial charge in [0.25, 0.3) is 0 Å². The van der Waals surface area contributed by atoms with Crippen molar-refractivity contribution in [1.29, 1.82) is 0 Å². The largest absolute Gasteiger partial charge is 0.492 e. The molecule has 1 aromatic carbocycles. The van der Waals surface area contributed by atoms with Gasteiger partial charge in [-0.05, 0) is 44.2 Å². The summed E-state index contributed by atoms with van der Waals surface area (Å²) < 4.78 is 16.4. The van der Waals surface area contributed by atoms with Crippen LogP contribution in [0.25, 0.3) is 0 Å². The monoisotopic (exact) mass is 549 g/mol. The number of carbonyl (C=O) groups excluding carboxylic acids is 4. The number of nitrogens with zero attached hydrogens (tertiary/aromatic N) is 3. The summed E-state index contributed by atoms with van der Waals surface area (Å²) in [6, 6.07) is 8.05. The number of benzene rings is 1. The van der Waals surface area contributed by atoms with Crippen LogP contribution in [0.1, 0.15) is 27.2 Å². The Balaban J connectivity index is 0.00000400. The van der Waals surface area contributed by atoms with Gasteiger partial charge in [0.05, 0.1) is 24.1 Å².